The van der Waals surface area contributed by atoms with E-state index < -0.39 is 0 Å². The van der Waals surface area contributed by atoms with E-state index in [2.05, 4.69) is 36.0 Å². The number of anilines is 1. The van der Waals surface area contributed by atoms with E-state index in [1.807, 2.05) is 6.20 Å². The van der Waals surface area contributed by atoms with Gasteiger partial charge in [0.1, 0.15) is 0 Å². The number of pyridine rings is 1. The number of rotatable bonds is 3. The average Bonchev–Trinajstić information content (AvgIpc) is 2.82. The van der Waals surface area contributed by atoms with Crippen molar-refractivity contribution >= 4 is 5.69 Å². The van der Waals surface area contributed by atoms with Crippen molar-refractivity contribution < 1.29 is 4.74 Å². The normalized spacial score (nSPS) is 20.5. The highest BCUT2D eigenvalue weighted by Gasteiger charge is 2.20. The summed E-state index contributed by atoms with van der Waals surface area (Å²) in [5.41, 5.74) is 2.33. The van der Waals surface area contributed by atoms with Gasteiger partial charge in [-0.2, -0.15) is 0 Å². The van der Waals surface area contributed by atoms with Crippen LogP contribution in [0, 0.1) is 0 Å². The van der Waals surface area contributed by atoms with Crippen LogP contribution in [0.15, 0.2) is 18.3 Å². The van der Waals surface area contributed by atoms with Gasteiger partial charge in [-0.15, -0.1) is 0 Å². The Kier molecular flexibility index (Phi) is 3.21. The summed E-state index contributed by atoms with van der Waals surface area (Å²) in [6.07, 6.45) is 4.07. The van der Waals surface area contributed by atoms with E-state index in [1.54, 1.807) is 0 Å². The fourth-order valence-corrected chi connectivity index (χ4v) is 1.87. The molecule has 2 rings (SSSR count). The van der Waals surface area contributed by atoms with Crippen LogP contribution in [0.3, 0.4) is 0 Å². The van der Waals surface area contributed by atoms with Crippen LogP contribution in [0.5, 0.6) is 0 Å². The molecule has 0 N–H and O–H groups in total. The van der Waals surface area contributed by atoms with Crippen molar-refractivity contribution in [2.24, 2.45) is 0 Å². The maximum absolute atomic E-state index is 5.38. The van der Waals surface area contributed by atoms with Crippen molar-refractivity contribution in [2.75, 3.05) is 25.2 Å². The minimum absolute atomic E-state index is 0.513. The lowest BCUT2D eigenvalue weighted by molar-refractivity contribution is 0.193. The molecule has 82 valence electrons. The smallest absolute Gasteiger partial charge is 0.0670 e. The largest absolute Gasteiger partial charge is 0.379 e. The van der Waals surface area contributed by atoms with Crippen molar-refractivity contribution in [1.82, 2.24) is 4.98 Å². The highest BCUT2D eigenvalue weighted by molar-refractivity contribution is 5.45. The molecule has 15 heavy (non-hydrogen) atoms. The zero-order chi connectivity index (χ0) is 10.7. The summed E-state index contributed by atoms with van der Waals surface area (Å²) in [4.78, 5) is 6.67. The highest BCUT2D eigenvalue weighted by atomic mass is 16.5. The SMILES string of the molecule is CCc1ccc(N(C)C2CCOC2)cn1. The van der Waals surface area contributed by atoms with Crippen molar-refractivity contribution in [3.63, 3.8) is 0 Å². The molecule has 1 saturated heterocycles. The van der Waals surface area contributed by atoms with Crippen molar-refractivity contribution in [2.45, 2.75) is 25.8 Å². The molecular weight excluding hydrogens is 188 g/mol. The monoisotopic (exact) mass is 206 g/mol. The van der Waals surface area contributed by atoms with Crippen LogP contribution in [0.25, 0.3) is 0 Å². The van der Waals surface area contributed by atoms with Crippen molar-refractivity contribution in [3.8, 4) is 0 Å². The molecule has 0 amide bonds. The third-order valence-corrected chi connectivity index (χ3v) is 3.03. The molecule has 0 radical (unpaired) electrons. The van der Waals surface area contributed by atoms with E-state index >= 15 is 0 Å². The number of aryl methyl sites for hydroxylation is 1. The van der Waals surface area contributed by atoms with Crippen LogP contribution in [-0.4, -0.2) is 31.3 Å². The molecule has 0 saturated carbocycles. The second-order valence-electron chi connectivity index (χ2n) is 3.99. The van der Waals surface area contributed by atoms with Gasteiger partial charge in [0.05, 0.1) is 24.5 Å². The summed E-state index contributed by atoms with van der Waals surface area (Å²) < 4.78 is 5.38. The topological polar surface area (TPSA) is 25.4 Å². The van der Waals surface area contributed by atoms with Crippen LogP contribution >= 0.6 is 0 Å². The molecular formula is C12H18N2O. The first kappa shape index (κ1) is 10.4. The number of aromatic nitrogens is 1. The lowest BCUT2D eigenvalue weighted by Gasteiger charge is -2.25. The molecule has 0 aliphatic carbocycles. The zero-order valence-electron chi connectivity index (χ0n) is 9.44. The molecule has 1 unspecified atom stereocenters. The molecule has 2 heterocycles. The lowest BCUT2D eigenvalue weighted by atomic mass is 10.2. The maximum atomic E-state index is 5.38. The molecule has 0 bridgehead atoms. The van der Waals surface area contributed by atoms with E-state index in [-0.39, 0.29) is 0 Å². The molecule has 1 aromatic heterocycles. The number of ether oxygens (including phenoxy) is 1. The zero-order valence-corrected chi connectivity index (χ0v) is 9.44. The van der Waals surface area contributed by atoms with Gasteiger partial charge >= 0.3 is 0 Å². The van der Waals surface area contributed by atoms with Gasteiger partial charge < -0.3 is 9.64 Å². The van der Waals surface area contributed by atoms with Gasteiger partial charge in [0.2, 0.25) is 0 Å². The highest BCUT2D eigenvalue weighted by Crippen LogP contribution is 2.19. The number of hydrogen-bond donors (Lipinski definition) is 0. The second kappa shape index (κ2) is 4.62. The van der Waals surface area contributed by atoms with Crippen molar-refractivity contribution in [3.05, 3.63) is 24.0 Å². The molecule has 1 aliphatic heterocycles. The first-order valence-electron chi connectivity index (χ1n) is 5.56. The van der Waals surface area contributed by atoms with Gasteiger partial charge in [-0.1, -0.05) is 6.92 Å². The first-order chi connectivity index (χ1) is 7.31. The van der Waals surface area contributed by atoms with E-state index in [4.69, 9.17) is 4.74 Å². The quantitative estimate of drug-likeness (QED) is 0.755. The lowest BCUT2D eigenvalue weighted by Crippen LogP contribution is -2.31. The third-order valence-electron chi connectivity index (χ3n) is 3.03. The summed E-state index contributed by atoms with van der Waals surface area (Å²) in [6.45, 7) is 3.85. The average molecular weight is 206 g/mol. The maximum Gasteiger partial charge on any atom is 0.0670 e. The third kappa shape index (κ3) is 2.29. The van der Waals surface area contributed by atoms with Crippen LogP contribution in [-0.2, 0) is 11.2 Å². The van der Waals surface area contributed by atoms with Gasteiger partial charge in [-0.25, -0.2) is 0 Å². The summed E-state index contributed by atoms with van der Waals surface area (Å²) in [5.74, 6) is 0. The summed E-state index contributed by atoms with van der Waals surface area (Å²) >= 11 is 0. The molecule has 1 aliphatic rings. The Morgan fingerprint density at radius 2 is 2.40 bits per heavy atom. The van der Waals surface area contributed by atoms with Gasteiger partial charge in [-0.05, 0) is 25.0 Å². The van der Waals surface area contributed by atoms with Crippen molar-refractivity contribution in [1.29, 1.82) is 0 Å². The predicted octanol–water partition coefficient (Wildman–Crippen LogP) is 1.87. The molecule has 1 atom stereocenters. The molecule has 3 nitrogen and oxygen atoms in total. The van der Waals surface area contributed by atoms with E-state index in [0.29, 0.717) is 6.04 Å². The number of nitrogens with zero attached hydrogens (tertiary/aromatic N) is 2. The molecule has 1 aromatic rings. The Balaban J connectivity index is 2.07. The van der Waals surface area contributed by atoms with Crippen LogP contribution < -0.4 is 4.90 Å². The van der Waals surface area contributed by atoms with Gasteiger partial charge in [0.15, 0.2) is 0 Å². The Hall–Kier alpha value is -1.09. The molecule has 0 aromatic carbocycles. The standard InChI is InChI=1S/C12H18N2O/c1-3-10-4-5-11(8-13-10)14(2)12-6-7-15-9-12/h4-5,8,12H,3,6-7,9H2,1-2H3. The van der Waals surface area contributed by atoms with Gasteiger partial charge in [-0.3, -0.25) is 4.98 Å². The fraction of sp³-hybridized carbons (Fsp3) is 0.583. The first-order valence-corrected chi connectivity index (χ1v) is 5.56. The summed E-state index contributed by atoms with van der Waals surface area (Å²) in [6, 6.07) is 4.76. The minimum atomic E-state index is 0.513. The van der Waals surface area contributed by atoms with E-state index in [9.17, 15) is 0 Å². The van der Waals surface area contributed by atoms with E-state index in [0.717, 1.165) is 31.7 Å². The molecule has 3 heteroatoms. The van der Waals surface area contributed by atoms with Crippen LogP contribution in [0.2, 0.25) is 0 Å². The Labute approximate surface area is 91.1 Å². The molecule has 1 fully saturated rings. The Bertz CT molecular complexity index is 304. The molecule has 0 spiro atoms. The fourth-order valence-electron chi connectivity index (χ4n) is 1.87. The minimum Gasteiger partial charge on any atom is -0.379 e. The van der Waals surface area contributed by atoms with Crippen LogP contribution in [0.1, 0.15) is 19.0 Å². The number of hydrogen-bond acceptors (Lipinski definition) is 3. The van der Waals surface area contributed by atoms with E-state index in [1.165, 1.54) is 5.69 Å². The second-order valence-corrected chi connectivity index (χ2v) is 3.99. The number of likely N-dealkylation sites (N-methyl/N-ethyl adjacent to an activating group) is 1. The van der Waals surface area contributed by atoms with Gasteiger partial charge in [0.25, 0.3) is 0 Å². The predicted molar refractivity (Wildman–Crippen MR) is 61.2 cm³/mol. The summed E-state index contributed by atoms with van der Waals surface area (Å²) in [5, 5.41) is 0. The Morgan fingerprint density at radius 1 is 1.53 bits per heavy atom. The Morgan fingerprint density at radius 3 is 2.93 bits per heavy atom. The van der Waals surface area contributed by atoms with Gasteiger partial charge in [0, 0.05) is 19.3 Å². The van der Waals surface area contributed by atoms with Crippen LogP contribution in [0.4, 0.5) is 5.69 Å². The summed E-state index contributed by atoms with van der Waals surface area (Å²) in [7, 11) is 2.11.